The fraction of sp³-hybridized carbons (Fsp3) is 0.125. The largest absolute Gasteiger partial charge is 0.298 e. The van der Waals surface area contributed by atoms with E-state index in [1.54, 1.807) is 6.07 Å². The number of hydrogen-bond acceptors (Lipinski definition) is 1. The minimum absolute atomic E-state index is 0.569. The predicted molar refractivity (Wildman–Crippen MR) is 42.0 cm³/mol. The average molecular weight is 130 g/mol. The normalized spacial score (nSPS) is 9.30. The highest BCUT2D eigenvalue weighted by atomic mass is 16.1. The summed E-state index contributed by atoms with van der Waals surface area (Å²) in [5.41, 5.74) is 2.10. The van der Waals surface area contributed by atoms with E-state index in [0.717, 1.165) is 11.8 Å². The number of aldehydes is 1. The van der Waals surface area contributed by atoms with E-state index in [4.69, 9.17) is 7.85 Å². The van der Waals surface area contributed by atoms with Crippen molar-refractivity contribution in [3.05, 3.63) is 29.3 Å². The summed E-state index contributed by atoms with van der Waals surface area (Å²) in [7, 11) is 5.56. The number of benzene rings is 1. The van der Waals surface area contributed by atoms with Gasteiger partial charge in [-0.3, -0.25) is 4.79 Å². The number of aryl methyl sites for hydroxylation is 1. The average Bonchev–Trinajstić information content (AvgIpc) is 1.95. The molecular formula is C8H7BO. The predicted octanol–water partition coefficient (Wildman–Crippen LogP) is 0.601. The van der Waals surface area contributed by atoms with Crippen LogP contribution in [0.3, 0.4) is 0 Å². The first-order valence-corrected chi connectivity index (χ1v) is 3.06. The number of carbonyl (C=O) groups excluding carboxylic acids is 1. The fourth-order valence-electron chi connectivity index (χ4n) is 0.806. The van der Waals surface area contributed by atoms with E-state index < -0.39 is 0 Å². The third kappa shape index (κ3) is 1.10. The summed E-state index contributed by atoms with van der Waals surface area (Å²) in [6.45, 7) is 1.88. The second-order valence-electron chi connectivity index (χ2n) is 2.20. The van der Waals surface area contributed by atoms with Crippen molar-refractivity contribution >= 4 is 19.6 Å². The smallest absolute Gasteiger partial charge is 0.149 e. The topological polar surface area (TPSA) is 17.1 Å². The lowest BCUT2D eigenvalue weighted by atomic mass is 9.87. The molecule has 2 heteroatoms. The quantitative estimate of drug-likeness (QED) is 0.401. The maximum atomic E-state index is 10.3. The van der Waals surface area contributed by atoms with Crippen molar-refractivity contribution in [1.82, 2.24) is 0 Å². The Balaban J connectivity index is 3.27. The SMILES string of the molecule is [B]c1c(C)cccc1C=O. The van der Waals surface area contributed by atoms with Gasteiger partial charge >= 0.3 is 0 Å². The molecule has 0 atom stereocenters. The molecule has 0 aromatic heterocycles. The molecule has 0 aliphatic heterocycles. The number of carbonyl (C=O) groups is 1. The molecule has 0 saturated heterocycles. The summed E-state index contributed by atoms with van der Waals surface area (Å²) >= 11 is 0. The van der Waals surface area contributed by atoms with E-state index in [1.807, 2.05) is 19.1 Å². The summed E-state index contributed by atoms with van der Waals surface area (Å²) in [6, 6.07) is 5.40. The van der Waals surface area contributed by atoms with Crippen LogP contribution in [-0.2, 0) is 0 Å². The second-order valence-corrected chi connectivity index (χ2v) is 2.20. The van der Waals surface area contributed by atoms with Gasteiger partial charge < -0.3 is 0 Å². The molecule has 48 valence electrons. The zero-order valence-corrected chi connectivity index (χ0v) is 5.79. The van der Waals surface area contributed by atoms with Gasteiger partial charge in [0, 0.05) is 5.56 Å². The summed E-state index contributed by atoms with van der Waals surface area (Å²) in [6.07, 6.45) is 0.766. The molecule has 1 rings (SSSR count). The molecule has 0 aliphatic carbocycles. The molecule has 0 spiro atoms. The fourth-order valence-corrected chi connectivity index (χ4v) is 0.806. The maximum Gasteiger partial charge on any atom is 0.149 e. The van der Waals surface area contributed by atoms with Gasteiger partial charge in [0.15, 0.2) is 0 Å². The van der Waals surface area contributed by atoms with E-state index in [9.17, 15) is 4.79 Å². The molecule has 1 aromatic carbocycles. The van der Waals surface area contributed by atoms with Gasteiger partial charge in [0.05, 0.1) is 0 Å². The van der Waals surface area contributed by atoms with Gasteiger partial charge in [-0.25, -0.2) is 0 Å². The first-order valence-electron chi connectivity index (χ1n) is 3.06. The first kappa shape index (κ1) is 7.07. The molecule has 1 nitrogen and oxygen atoms in total. The monoisotopic (exact) mass is 130 g/mol. The highest BCUT2D eigenvalue weighted by Gasteiger charge is 1.95. The molecule has 0 amide bonds. The Morgan fingerprint density at radius 1 is 1.50 bits per heavy atom. The Kier molecular flexibility index (Phi) is 1.90. The Hall–Kier alpha value is -1.05. The van der Waals surface area contributed by atoms with Crippen molar-refractivity contribution in [2.45, 2.75) is 6.92 Å². The van der Waals surface area contributed by atoms with Gasteiger partial charge in [-0.1, -0.05) is 29.2 Å². The van der Waals surface area contributed by atoms with Crippen molar-refractivity contribution in [3.63, 3.8) is 0 Å². The zero-order chi connectivity index (χ0) is 7.56. The molecular weight excluding hydrogens is 123 g/mol. The van der Waals surface area contributed by atoms with E-state index in [-0.39, 0.29) is 0 Å². The van der Waals surface area contributed by atoms with E-state index in [2.05, 4.69) is 0 Å². The van der Waals surface area contributed by atoms with Gasteiger partial charge in [-0.05, 0) is 6.92 Å². The van der Waals surface area contributed by atoms with Crippen LogP contribution in [0.2, 0.25) is 0 Å². The standard InChI is InChI=1S/C8H7BO/c1-6-3-2-4-7(5-10)8(6)9/h2-5H,1H3. The molecule has 0 aliphatic rings. The van der Waals surface area contributed by atoms with Crippen LogP contribution in [0.15, 0.2) is 18.2 Å². The van der Waals surface area contributed by atoms with Crippen LogP contribution in [0.4, 0.5) is 0 Å². The van der Waals surface area contributed by atoms with Crippen molar-refractivity contribution in [2.75, 3.05) is 0 Å². The third-order valence-corrected chi connectivity index (χ3v) is 1.48. The molecule has 0 unspecified atom stereocenters. The lowest BCUT2D eigenvalue weighted by Gasteiger charge is -2.00. The van der Waals surface area contributed by atoms with Crippen LogP contribution in [0.1, 0.15) is 15.9 Å². The zero-order valence-electron chi connectivity index (χ0n) is 5.79. The Morgan fingerprint density at radius 3 is 2.70 bits per heavy atom. The summed E-state index contributed by atoms with van der Waals surface area (Å²) in [5, 5.41) is 0. The van der Waals surface area contributed by atoms with E-state index >= 15 is 0 Å². The summed E-state index contributed by atoms with van der Waals surface area (Å²) in [4.78, 5) is 10.3. The lowest BCUT2D eigenvalue weighted by Crippen LogP contribution is -2.12. The van der Waals surface area contributed by atoms with Crippen LogP contribution in [-0.4, -0.2) is 14.1 Å². The Morgan fingerprint density at radius 2 is 2.20 bits per heavy atom. The molecule has 0 saturated carbocycles. The highest BCUT2D eigenvalue weighted by molar-refractivity contribution is 6.36. The molecule has 0 bridgehead atoms. The van der Waals surface area contributed by atoms with Gasteiger partial charge in [0.25, 0.3) is 0 Å². The van der Waals surface area contributed by atoms with Crippen LogP contribution in [0.5, 0.6) is 0 Å². The second kappa shape index (κ2) is 2.69. The number of hydrogen-bond donors (Lipinski definition) is 0. The first-order chi connectivity index (χ1) is 4.75. The highest BCUT2D eigenvalue weighted by Crippen LogP contribution is 1.95. The third-order valence-electron chi connectivity index (χ3n) is 1.48. The molecule has 0 heterocycles. The van der Waals surface area contributed by atoms with E-state index in [0.29, 0.717) is 11.0 Å². The van der Waals surface area contributed by atoms with Crippen LogP contribution >= 0.6 is 0 Å². The minimum atomic E-state index is 0.569. The van der Waals surface area contributed by atoms with Crippen molar-refractivity contribution in [2.24, 2.45) is 0 Å². The molecule has 10 heavy (non-hydrogen) atoms. The van der Waals surface area contributed by atoms with E-state index in [1.165, 1.54) is 0 Å². The summed E-state index contributed by atoms with van der Waals surface area (Å²) < 4.78 is 0. The lowest BCUT2D eigenvalue weighted by molar-refractivity contribution is 0.112. The minimum Gasteiger partial charge on any atom is -0.298 e. The molecule has 2 radical (unpaired) electrons. The van der Waals surface area contributed by atoms with Crippen molar-refractivity contribution < 1.29 is 4.79 Å². The molecule has 0 fully saturated rings. The van der Waals surface area contributed by atoms with Gasteiger partial charge in [0.1, 0.15) is 14.1 Å². The van der Waals surface area contributed by atoms with Crippen molar-refractivity contribution in [1.29, 1.82) is 0 Å². The Bertz CT molecular complexity index is 255. The van der Waals surface area contributed by atoms with Crippen LogP contribution in [0.25, 0.3) is 0 Å². The maximum absolute atomic E-state index is 10.3. The van der Waals surface area contributed by atoms with Crippen molar-refractivity contribution in [3.8, 4) is 0 Å². The van der Waals surface area contributed by atoms with Gasteiger partial charge in [-0.2, -0.15) is 0 Å². The van der Waals surface area contributed by atoms with Gasteiger partial charge in [-0.15, -0.1) is 0 Å². The van der Waals surface area contributed by atoms with Crippen LogP contribution in [0, 0.1) is 6.92 Å². The van der Waals surface area contributed by atoms with Crippen LogP contribution < -0.4 is 5.46 Å². The molecule has 0 N–H and O–H groups in total. The summed E-state index contributed by atoms with van der Waals surface area (Å²) in [5.74, 6) is 0. The Labute approximate surface area is 61.5 Å². The van der Waals surface area contributed by atoms with Gasteiger partial charge in [0.2, 0.25) is 0 Å². The number of rotatable bonds is 1. The molecule has 1 aromatic rings.